The van der Waals surface area contributed by atoms with Crippen LogP contribution in [0.15, 0.2) is 54.6 Å². The van der Waals surface area contributed by atoms with Crippen molar-refractivity contribution >= 4 is 21.6 Å². The molecule has 25 heavy (non-hydrogen) atoms. The summed E-state index contributed by atoms with van der Waals surface area (Å²) in [7, 11) is -3.46. The highest BCUT2D eigenvalue weighted by atomic mass is 32.2. The van der Waals surface area contributed by atoms with Crippen LogP contribution in [0.5, 0.6) is 5.75 Å². The summed E-state index contributed by atoms with van der Waals surface area (Å²) < 4.78 is 30.8. The van der Waals surface area contributed by atoms with Crippen LogP contribution in [-0.2, 0) is 10.0 Å². The molecule has 2 aromatic carbocycles. The van der Waals surface area contributed by atoms with Crippen LogP contribution in [-0.4, -0.2) is 40.3 Å². The SMILES string of the molecule is CCOc1ccc(N(CCNC(=O)c2ccccc2)S(C)(=O)=O)cc1. The van der Waals surface area contributed by atoms with E-state index < -0.39 is 10.0 Å². The number of anilines is 1. The molecule has 0 saturated heterocycles. The van der Waals surface area contributed by atoms with E-state index in [-0.39, 0.29) is 19.0 Å². The second-order valence-electron chi connectivity index (χ2n) is 5.38. The van der Waals surface area contributed by atoms with Gasteiger partial charge in [-0.05, 0) is 43.3 Å². The molecule has 2 aromatic rings. The van der Waals surface area contributed by atoms with E-state index in [0.717, 1.165) is 6.26 Å². The number of hydrogen-bond donors (Lipinski definition) is 1. The summed E-state index contributed by atoms with van der Waals surface area (Å²) in [5.41, 5.74) is 1.06. The van der Waals surface area contributed by atoms with E-state index in [2.05, 4.69) is 5.32 Å². The van der Waals surface area contributed by atoms with Crippen molar-refractivity contribution in [2.24, 2.45) is 0 Å². The molecule has 7 heteroatoms. The molecule has 0 aliphatic carbocycles. The Kier molecular flexibility index (Phi) is 6.41. The molecule has 0 atom stereocenters. The Hall–Kier alpha value is -2.54. The third-order valence-corrected chi connectivity index (χ3v) is 4.67. The number of nitrogens with zero attached hydrogens (tertiary/aromatic N) is 1. The van der Waals surface area contributed by atoms with Crippen LogP contribution in [0.25, 0.3) is 0 Å². The number of carbonyl (C=O) groups is 1. The molecule has 2 rings (SSSR count). The fraction of sp³-hybridized carbons (Fsp3) is 0.278. The fourth-order valence-corrected chi connectivity index (χ4v) is 3.25. The molecule has 0 spiro atoms. The van der Waals surface area contributed by atoms with Gasteiger partial charge in [0.2, 0.25) is 10.0 Å². The lowest BCUT2D eigenvalue weighted by Gasteiger charge is -2.22. The Morgan fingerprint density at radius 1 is 1.08 bits per heavy atom. The quantitative estimate of drug-likeness (QED) is 0.782. The predicted octanol–water partition coefficient (Wildman–Crippen LogP) is 2.28. The van der Waals surface area contributed by atoms with Gasteiger partial charge in [-0.2, -0.15) is 0 Å². The van der Waals surface area contributed by atoms with E-state index in [0.29, 0.717) is 23.6 Å². The summed E-state index contributed by atoms with van der Waals surface area (Å²) in [4.78, 5) is 12.0. The van der Waals surface area contributed by atoms with Crippen molar-refractivity contribution in [3.8, 4) is 5.75 Å². The van der Waals surface area contributed by atoms with Crippen LogP contribution in [0.2, 0.25) is 0 Å². The van der Waals surface area contributed by atoms with E-state index in [1.807, 2.05) is 13.0 Å². The van der Waals surface area contributed by atoms with Gasteiger partial charge in [0.25, 0.3) is 5.91 Å². The number of benzene rings is 2. The van der Waals surface area contributed by atoms with Gasteiger partial charge in [-0.15, -0.1) is 0 Å². The van der Waals surface area contributed by atoms with Gasteiger partial charge in [-0.1, -0.05) is 18.2 Å². The summed E-state index contributed by atoms with van der Waals surface area (Å²) >= 11 is 0. The molecule has 0 aliphatic heterocycles. The Balaban J connectivity index is 2.02. The Labute approximate surface area is 148 Å². The zero-order valence-corrected chi connectivity index (χ0v) is 15.1. The maximum Gasteiger partial charge on any atom is 0.251 e. The van der Waals surface area contributed by atoms with E-state index in [4.69, 9.17) is 4.74 Å². The topological polar surface area (TPSA) is 75.7 Å². The minimum absolute atomic E-state index is 0.144. The molecule has 0 fully saturated rings. The van der Waals surface area contributed by atoms with Crippen molar-refractivity contribution < 1.29 is 17.9 Å². The maximum atomic E-state index is 12.1. The van der Waals surface area contributed by atoms with Crippen molar-refractivity contribution in [2.75, 3.05) is 30.3 Å². The maximum absolute atomic E-state index is 12.1. The third kappa shape index (κ3) is 5.49. The predicted molar refractivity (Wildman–Crippen MR) is 98.6 cm³/mol. The number of nitrogens with one attached hydrogen (secondary N) is 1. The van der Waals surface area contributed by atoms with Crippen molar-refractivity contribution in [1.82, 2.24) is 5.32 Å². The number of carbonyl (C=O) groups excluding carboxylic acids is 1. The third-order valence-electron chi connectivity index (χ3n) is 3.47. The highest BCUT2D eigenvalue weighted by molar-refractivity contribution is 7.92. The molecule has 0 radical (unpaired) electrons. The van der Waals surface area contributed by atoms with Crippen molar-refractivity contribution in [2.45, 2.75) is 6.92 Å². The van der Waals surface area contributed by atoms with Crippen LogP contribution in [0.4, 0.5) is 5.69 Å². The molecule has 0 unspecified atom stereocenters. The fourth-order valence-electron chi connectivity index (χ4n) is 2.32. The molecule has 0 heterocycles. The number of amides is 1. The Morgan fingerprint density at radius 3 is 2.28 bits per heavy atom. The average Bonchev–Trinajstić information content (AvgIpc) is 2.59. The summed E-state index contributed by atoms with van der Waals surface area (Å²) in [6.07, 6.45) is 1.14. The average molecular weight is 362 g/mol. The van der Waals surface area contributed by atoms with Gasteiger partial charge in [0.1, 0.15) is 5.75 Å². The summed E-state index contributed by atoms with van der Waals surface area (Å²) in [5, 5.41) is 2.73. The van der Waals surface area contributed by atoms with Gasteiger partial charge >= 0.3 is 0 Å². The summed E-state index contributed by atoms with van der Waals surface area (Å²) in [6, 6.07) is 15.6. The smallest absolute Gasteiger partial charge is 0.251 e. The highest BCUT2D eigenvalue weighted by Crippen LogP contribution is 2.21. The number of rotatable bonds is 8. The monoisotopic (exact) mass is 362 g/mol. The molecule has 134 valence electrons. The highest BCUT2D eigenvalue weighted by Gasteiger charge is 2.17. The molecule has 1 N–H and O–H groups in total. The van der Waals surface area contributed by atoms with E-state index >= 15 is 0 Å². The van der Waals surface area contributed by atoms with Gasteiger partial charge in [0.05, 0.1) is 25.1 Å². The van der Waals surface area contributed by atoms with Crippen LogP contribution < -0.4 is 14.4 Å². The molecule has 0 saturated carbocycles. The zero-order valence-electron chi connectivity index (χ0n) is 14.3. The standard InChI is InChI=1S/C18H22N2O4S/c1-3-24-17-11-9-16(10-12-17)20(25(2,22)23)14-13-19-18(21)15-7-5-4-6-8-15/h4-12H,3,13-14H2,1-2H3,(H,19,21). The molecule has 1 amide bonds. The first kappa shape index (κ1) is 18.8. The van der Waals surface area contributed by atoms with Crippen LogP contribution >= 0.6 is 0 Å². The molecular formula is C18H22N2O4S. The number of hydrogen-bond acceptors (Lipinski definition) is 4. The van der Waals surface area contributed by atoms with Crippen LogP contribution in [0.1, 0.15) is 17.3 Å². The first-order chi connectivity index (χ1) is 11.9. The molecule has 6 nitrogen and oxygen atoms in total. The molecule has 0 bridgehead atoms. The largest absolute Gasteiger partial charge is 0.494 e. The van der Waals surface area contributed by atoms with E-state index in [1.54, 1.807) is 48.5 Å². The second-order valence-corrected chi connectivity index (χ2v) is 7.29. The van der Waals surface area contributed by atoms with Crippen LogP contribution in [0, 0.1) is 0 Å². The molecule has 0 aromatic heterocycles. The van der Waals surface area contributed by atoms with Crippen molar-refractivity contribution in [1.29, 1.82) is 0 Å². The summed E-state index contributed by atoms with van der Waals surface area (Å²) in [6.45, 7) is 2.77. The lowest BCUT2D eigenvalue weighted by Crippen LogP contribution is -2.38. The van der Waals surface area contributed by atoms with E-state index in [9.17, 15) is 13.2 Å². The zero-order chi connectivity index (χ0) is 18.3. The first-order valence-electron chi connectivity index (χ1n) is 7.95. The summed E-state index contributed by atoms with van der Waals surface area (Å²) in [5.74, 6) is 0.442. The van der Waals surface area contributed by atoms with Crippen LogP contribution in [0.3, 0.4) is 0 Å². The van der Waals surface area contributed by atoms with Gasteiger partial charge in [-0.3, -0.25) is 9.10 Å². The number of sulfonamides is 1. The Bertz CT molecular complexity index is 790. The van der Waals surface area contributed by atoms with Crippen molar-refractivity contribution in [3.63, 3.8) is 0 Å². The lowest BCUT2D eigenvalue weighted by molar-refractivity contribution is 0.0955. The second kappa shape index (κ2) is 8.53. The molecule has 0 aliphatic rings. The van der Waals surface area contributed by atoms with Crippen molar-refractivity contribution in [3.05, 3.63) is 60.2 Å². The van der Waals surface area contributed by atoms with E-state index in [1.165, 1.54) is 4.31 Å². The van der Waals surface area contributed by atoms with Gasteiger partial charge < -0.3 is 10.1 Å². The normalized spacial score (nSPS) is 11.0. The van der Waals surface area contributed by atoms with Gasteiger partial charge in [-0.25, -0.2) is 8.42 Å². The Morgan fingerprint density at radius 2 is 1.72 bits per heavy atom. The lowest BCUT2D eigenvalue weighted by atomic mass is 10.2. The minimum atomic E-state index is -3.46. The first-order valence-corrected chi connectivity index (χ1v) is 9.80. The van der Waals surface area contributed by atoms with Gasteiger partial charge in [0, 0.05) is 12.1 Å². The molecular weight excluding hydrogens is 340 g/mol. The minimum Gasteiger partial charge on any atom is -0.494 e. The van der Waals surface area contributed by atoms with Gasteiger partial charge in [0.15, 0.2) is 0 Å². The number of ether oxygens (including phenoxy) is 1.